The van der Waals surface area contributed by atoms with Gasteiger partial charge < -0.3 is 9.64 Å². The predicted octanol–water partition coefficient (Wildman–Crippen LogP) is 3.47. The van der Waals surface area contributed by atoms with E-state index in [2.05, 4.69) is 14.8 Å². The van der Waals surface area contributed by atoms with Crippen LogP contribution in [-0.4, -0.2) is 49.2 Å². The summed E-state index contributed by atoms with van der Waals surface area (Å²) in [5, 5.41) is 0.535. The Morgan fingerprint density at radius 1 is 1.04 bits per heavy atom. The van der Waals surface area contributed by atoms with Gasteiger partial charge >= 0.3 is 0 Å². The molecule has 1 aliphatic rings. The van der Waals surface area contributed by atoms with Crippen LogP contribution in [0.25, 0.3) is 0 Å². The zero-order valence-corrected chi connectivity index (χ0v) is 14.3. The molecule has 128 valence electrons. The number of anilines is 1. The summed E-state index contributed by atoms with van der Waals surface area (Å²) in [6.07, 6.45) is 0.951. The van der Waals surface area contributed by atoms with Gasteiger partial charge in [0.15, 0.2) is 0 Å². The van der Waals surface area contributed by atoms with Gasteiger partial charge in [-0.05, 0) is 42.8 Å². The molecule has 0 radical (unpaired) electrons. The number of rotatable bonds is 6. The monoisotopic (exact) mass is 349 g/mol. The van der Waals surface area contributed by atoms with Crippen LogP contribution in [0.3, 0.4) is 0 Å². The molecule has 0 spiro atoms. The highest BCUT2D eigenvalue weighted by Crippen LogP contribution is 2.16. The Hall–Kier alpha value is -1.85. The first kappa shape index (κ1) is 17.0. The summed E-state index contributed by atoms with van der Waals surface area (Å²) in [7, 11) is 0. The lowest BCUT2D eigenvalue weighted by Crippen LogP contribution is -2.47. The van der Waals surface area contributed by atoms with Crippen LogP contribution in [0.2, 0.25) is 5.15 Å². The maximum atomic E-state index is 12.8. The third kappa shape index (κ3) is 4.82. The van der Waals surface area contributed by atoms with E-state index in [4.69, 9.17) is 16.3 Å². The third-order valence-electron chi connectivity index (χ3n) is 4.10. The first-order valence-corrected chi connectivity index (χ1v) is 8.57. The van der Waals surface area contributed by atoms with Crippen molar-refractivity contribution in [3.8, 4) is 5.75 Å². The number of nitrogens with zero attached hydrogens (tertiary/aromatic N) is 3. The lowest BCUT2D eigenvalue weighted by Gasteiger charge is -2.35. The van der Waals surface area contributed by atoms with Gasteiger partial charge in [-0.2, -0.15) is 0 Å². The van der Waals surface area contributed by atoms with Crippen molar-refractivity contribution in [2.75, 3.05) is 44.2 Å². The lowest BCUT2D eigenvalue weighted by atomic mass is 10.3. The molecule has 0 saturated carbocycles. The minimum atomic E-state index is -0.241. The molecule has 6 heteroatoms. The van der Waals surface area contributed by atoms with Crippen LogP contribution >= 0.6 is 11.6 Å². The van der Waals surface area contributed by atoms with Crippen LogP contribution < -0.4 is 9.64 Å². The number of ether oxygens (including phenoxy) is 1. The topological polar surface area (TPSA) is 28.6 Å². The molecule has 2 aromatic rings. The van der Waals surface area contributed by atoms with E-state index in [1.54, 1.807) is 18.2 Å². The molecule has 0 amide bonds. The fourth-order valence-electron chi connectivity index (χ4n) is 2.78. The van der Waals surface area contributed by atoms with E-state index in [0.717, 1.165) is 45.0 Å². The van der Waals surface area contributed by atoms with Gasteiger partial charge in [-0.1, -0.05) is 17.7 Å². The minimum absolute atomic E-state index is 0.241. The molecule has 0 atom stereocenters. The fourth-order valence-corrected chi connectivity index (χ4v) is 2.94. The van der Waals surface area contributed by atoms with E-state index in [1.807, 2.05) is 12.1 Å². The van der Waals surface area contributed by atoms with Gasteiger partial charge in [-0.25, -0.2) is 9.37 Å². The Morgan fingerprint density at radius 2 is 1.79 bits per heavy atom. The standard InChI is InChI=1S/C18H21ClFN3O/c19-17-3-1-4-18(21-17)23-12-10-22(11-13-23)9-2-14-24-16-7-5-15(20)6-8-16/h1,3-8H,2,9-14H2. The van der Waals surface area contributed by atoms with Gasteiger partial charge in [0.2, 0.25) is 0 Å². The second-order valence-electron chi connectivity index (χ2n) is 5.80. The number of hydrogen-bond acceptors (Lipinski definition) is 4. The Bertz CT molecular complexity index is 645. The van der Waals surface area contributed by atoms with Gasteiger partial charge in [0.25, 0.3) is 0 Å². The average molecular weight is 350 g/mol. The first-order valence-electron chi connectivity index (χ1n) is 8.19. The third-order valence-corrected chi connectivity index (χ3v) is 4.31. The van der Waals surface area contributed by atoms with Gasteiger partial charge in [0, 0.05) is 32.7 Å². The van der Waals surface area contributed by atoms with Crippen LogP contribution in [0.1, 0.15) is 6.42 Å². The molecule has 0 aliphatic carbocycles. The maximum absolute atomic E-state index is 12.8. The number of hydrogen-bond donors (Lipinski definition) is 0. The normalized spacial score (nSPS) is 15.5. The van der Waals surface area contributed by atoms with Gasteiger partial charge in [0.1, 0.15) is 22.5 Å². The summed E-state index contributed by atoms with van der Waals surface area (Å²) >= 11 is 5.95. The van der Waals surface area contributed by atoms with Crippen LogP contribution in [0.15, 0.2) is 42.5 Å². The number of piperazine rings is 1. The zero-order valence-electron chi connectivity index (χ0n) is 13.5. The van der Waals surface area contributed by atoms with Crippen molar-refractivity contribution < 1.29 is 9.13 Å². The van der Waals surface area contributed by atoms with E-state index in [0.29, 0.717) is 17.5 Å². The Morgan fingerprint density at radius 3 is 2.50 bits per heavy atom. The van der Waals surface area contributed by atoms with Gasteiger partial charge in [-0.15, -0.1) is 0 Å². The van der Waals surface area contributed by atoms with Crippen molar-refractivity contribution >= 4 is 17.4 Å². The van der Waals surface area contributed by atoms with E-state index < -0.39 is 0 Å². The second-order valence-corrected chi connectivity index (χ2v) is 6.19. The van der Waals surface area contributed by atoms with Crippen molar-refractivity contribution in [2.24, 2.45) is 0 Å². The molecule has 0 unspecified atom stereocenters. The van der Waals surface area contributed by atoms with Crippen LogP contribution in [0, 0.1) is 5.82 Å². The zero-order chi connectivity index (χ0) is 16.8. The molecule has 1 aromatic heterocycles. The molecule has 24 heavy (non-hydrogen) atoms. The number of aromatic nitrogens is 1. The highest BCUT2D eigenvalue weighted by Gasteiger charge is 2.17. The molecule has 1 saturated heterocycles. The number of pyridine rings is 1. The molecule has 0 bridgehead atoms. The smallest absolute Gasteiger partial charge is 0.131 e. The molecule has 1 fully saturated rings. The van der Waals surface area contributed by atoms with Crippen LogP contribution in [-0.2, 0) is 0 Å². The fraction of sp³-hybridized carbons (Fsp3) is 0.389. The van der Waals surface area contributed by atoms with Crippen molar-refractivity contribution in [3.63, 3.8) is 0 Å². The summed E-state index contributed by atoms with van der Waals surface area (Å²) in [6.45, 7) is 5.55. The molecule has 1 aromatic carbocycles. The Kier molecular flexibility index (Phi) is 5.88. The summed E-state index contributed by atoms with van der Waals surface area (Å²) in [5.74, 6) is 1.42. The van der Waals surface area contributed by atoms with Crippen molar-refractivity contribution in [3.05, 3.63) is 53.4 Å². The quantitative estimate of drug-likeness (QED) is 0.590. The van der Waals surface area contributed by atoms with Crippen molar-refractivity contribution in [2.45, 2.75) is 6.42 Å². The summed E-state index contributed by atoms with van der Waals surface area (Å²) in [6, 6.07) is 11.9. The summed E-state index contributed by atoms with van der Waals surface area (Å²) in [5.41, 5.74) is 0. The van der Waals surface area contributed by atoms with E-state index >= 15 is 0 Å². The molecule has 2 heterocycles. The maximum Gasteiger partial charge on any atom is 0.131 e. The number of benzene rings is 1. The van der Waals surface area contributed by atoms with Crippen LogP contribution in [0.4, 0.5) is 10.2 Å². The first-order chi connectivity index (χ1) is 11.7. The summed E-state index contributed by atoms with van der Waals surface area (Å²) in [4.78, 5) is 9.05. The second kappa shape index (κ2) is 8.31. The number of halogens is 2. The molecule has 0 N–H and O–H groups in total. The van der Waals surface area contributed by atoms with Gasteiger partial charge in [-0.3, -0.25) is 4.90 Å². The SMILES string of the molecule is Fc1ccc(OCCCN2CCN(c3cccc(Cl)n3)CC2)cc1. The average Bonchev–Trinajstić information content (AvgIpc) is 2.61. The highest BCUT2D eigenvalue weighted by atomic mass is 35.5. The van der Waals surface area contributed by atoms with E-state index in [-0.39, 0.29) is 5.82 Å². The summed E-state index contributed by atoms with van der Waals surface area (Å²) < 4.78 is 18.4. The molecule has 1 aliphatic heterocycles. The molecular formula is C18H21ClFN3O. The van der Waals surface area contributed by atoms with Crippen LogP contribution in [0.5, 0.6) is 5.75 Å². The predicted molar refractivity (Wildman–Crippen MR) is 94.4 cm³/mol. The van der Waals surface area contributed by atoms with E-state index in [1.165, 1.54) is 12.1 Å². The van der Waals surface area contributed by atoms with Crippen molar-refractivity contribution in [1.29, 1.82) is 0 Å². The minimum Gasteiger partial charge on any atom is -0.494 e. The highest BCUT2D eigenvalue weighted by molar-refractivity contribution is 6.29. The molecular weight excluding hydrogens is 329 g/mol. The Labute approximate surface area is 146 Å². The lowest BCUT2D eigenvalue weighted by molar-refractivity contribution is 0.224. The van der Waals surface area contributed by atoms with E-state index in [9.17, 15) is 4.39 Å². The molecule has 3 rings (SSSR count). The largest absolute Gasteiger partial charge is 0.494 e. The van der Waals surface area contributed by atoms with Crippen molar-refractivity contribution in [1.82, 2.24) is 9.88 Å². The molecule has 4 nitrogen and oxygen atoms in total. The van der Waals surface area contributed by atoms with Gasteiger partial charge in [0.05, 0.1) is 6.61 Å². The Balaban J connectivity index is 1.36.